The second-order valence-corrected chi connectivity index (χ2v) is 7.36. The second-order valence-electron chi connectivity index (χ2n) is 7.36. The molecule has 0 aromatic heterocycles. The van der Waals surface area contributed by atoms with Crippen molar-refractivity contribution in [2.75, 3.05) is 6.54 Å². The first-order valence-electron chi connectivity index (χ1n) is 8.12. The zero-order valence-corrected chi connectivity index (χ0v) is 12.7. The number of amides is 2. The monoisotopic (exact) mass is 278 g/mol. The van der Waals surface area contributed by atoms with Crippen LogP contribution in [0.1, 0.15) is 58.8 Å². The van der Waals surface area contributed by atoms with Crippen molar-refractivity contribution in [3.63, 3.8) is 0 Å². The molecule has 112 valence electrons. The Hall–Kier alpha value is -1.06. The fourth-order valence-corrected chi connectivity index (χ4v) is 3.76. The fraction of sp³-hybridized carbons (Fsp3) is 0.875. The SMILES string of the molecule is CC1(C)NC(=O)C(C2CCCCC2)N(CC2CC2)C1=O. The third-order valence-corrected chi connectivity index (χ3v) is 5.08. The summed E-state index contributed by atoms with van der Waals surface area (Å²) in [6.45, 7) is 4.44. The van der Waals surface area contributed by atoms with Crippen LogP contribution in [0, 0.1) is 11.8 Å². The molecule has 1 saturated heterocycles. The summed E-state index contributed by atoms with van der Waals surface area (Å²) < 4.78 is 0. The minimum Gasteiger partial charge on any atom is -0.340 e. The van der Waals surface area contributed by atoms with E-state index in [2.05, 4.69) is 5.32 Å². The molecule has 3 rings (SSSR count). The Morgan fingerprint density at radius 1 is 1.10 bits per heavy atom. The van der Waals surface area contributed by atoms with Crippen LogP contribution in [0.2, 0.25) is 0 Å². The highest BCUT2D eigenvalue weighted by Gasteiger charge is 2.49. The Balaban J connectivity index is 1.83. The molecule has 4 heteroatoms. The number of hydrogen-bond acceptors (Lipinski definition) is 2. The highest BCUT2D eigenvalue weighted by atomic mass is 16.2. The highest BCUT2D eigenvalue weighted by Crippen LogP contribution is 2.36. The first-order chi connectivity index (χ1) is 9.49. The predicted octanol–water partition coefficient (Wildman–Crippen LogP) is 2.08. The van der Waals surface area contributed by atoms with E-state index in [0.717, 1.165) is 19.4 Å². The fourth-order valence-electron chi connectivity index (χ4n) is 3.76. The maximum absolute atomic E-state index is 12.7. The van der Waals surface area contributed by atoms with Gasteiger partial charge < -0.3 is 10.2 Å². The van der Waals surface area contributed by atoms with Crippen molar-refractivity contribution in [2.45, 2.75) is 70.4 Å². The van der Waals surface area contributed by atoms with Crippen LogP contribution in [0.5, 0.6) is 0 Å². The summed E-state index contributed by atoms with van der Waals surface area (Å²) in [5.41, 5.74) is -0.739. The molecule has 3 fully saturated rings. The molecule has 1 N–H and O–H groups in total. The lowest BCUT2D eigenvalue weighted by Gasteiger charge is -2.46. The normalized spacial score (nSPS) is 31.3. The van der Waals surface area contributed by atoms with Gasteiger partial charge in [-0.3, -0.25) is 9.59 Å². The summed E-state index contributed by atoms with van der Waals surface area (Å²) in [5.74, 6) is 1.18. The van der Waals surface area contributed by atoms with Crippen LogP contribution >= 0.6 is 0 Å². The molecule has 2 saturated carbocycles. The van der Waals surface area contributed by atoms with E-state index < -0.39 is 5.54 Å². The van der Waals surface area contributed by atoms with Crippen LogP contribution in [0.4, 0.5) is 0 Å². The van der Waals surface area contributed by atoms with Crippen LogP contribution in [0.15, 0.2) is 0 Å². The molecule has 1 unspecified atom stereocenters. The molecule has 2 aliphatic carbocycles. The maximum atomic E-state index is 12.7. The van der Waals surface area contributed by atoms with Gasteiger partial charge in [-0.2, -0.15) is 0 Å². The van der Waals surface area contributed by atoms with E-state index in [1.165, 1.54) is 32.1 Å². The lowest BCUT2D eigenvalue weighted by Crippen LogP contribution is -2.70. The van der Waals surface area contributed by atoms with E-state index in [0.29, 0.717) is 11.8 Å². The molecule has 4 nitrogen and oxygen atoms in total. The molecule has 3 aliphatic rings. The van der Waals surface area contributed by atoms with Gasteiger partial charge in [0.1, 0.15) is 11.6 Å². The summed E-state index contributed by atoms with van der Waals surface area (Å²) in [5, 5.41) is 2.95. The molecule has 0 radical (unpaired) electrons. The molecule has 20 heavy (non-hydrogen) atoms. The van der Waals surface area contributed by atoms with Crippen LogP contribution in [-0.2, 0) is 9.59 Å². The topological polar surface area (TPSA) is 49.4 Å². The number of piperazine rings is 1. The number of carbonyl (C=O) groups excluding carboxylic acids is 2. The Morgan fingerprint density at radius 2 is 1.75 bits per heavy atom. The minimum atomic E-state index is -0.739. The van der Waals surface area contributed by atoms with E-state index in [1.807, 2.05) is 18.7 Å². The minimum absolute atomic E-state index is 0.0714. The standard InChI is InChI=1S/C16H26N2O2/c1-16(2)15(20)18(10-11-8-9-11)13(14(19)17-16)12-6-4-3-5-7-12/h11-13H,3-10H2,1-2H3,(H,17,19). The van der Waals surface area contributed by atoms with Crippen molar-refractivity contribution in [1.29, 1.82) is 0 Å². The van der Waals surface area contributed by atoms with Crippen molar-refractivity contribution in [2.24, 2.45) is 11.8 Å². The van der Waals surface area contributed by atoms with E-state index in [1.54, 1.807) is 0 Å². The Bertz CT molecular complexity index is 409. The largest absolute Gasteiger partial charge is 0.340 e. The van der Waals surface area contributed by atoms with Crippen LogP contribution in [0.3, 0.4) is 0 Å². The summed E-state index contributed by atoms with van der Waals surface area (Å²) in [7, 11) is 0. The summed E-state index contributed by atoms with van der Waals surface area (Å²) in [4.78, 5) is 27.2. The van der Waals surface area contributed by atoms with Gasteiger partial charge in [0.05, 0.1) is 0 Å². The second kappa shape index (κ2) is 5.05. The number of rotatable bonds is 3. The molecule has 0 spiro atoms. The van der Waals surface area contributed by atoms with Crippen molar-refractivity contribution < 1.29 is 9.59 Å². The first-order valence-corrected chi connectivity index (χ1v) is 8.12. The molecular formula is C16H26N2O2. The van der Waals surface area contributed by atoms with Gasteiger partial charge in [-0.15, -0.1) is 0 Å². The zero-order chi connectivity index (χ0) is 14.3. The van der Waals surface area contributed by atoms with Crippen LogP contribution in [0.25, 0.3) is 0 Å². The summed E-state index contributed by atoms with van der Waals surface area (Å²) in [6, 6.07) is -0.212. The highest BCUT2D eigenvalue weighted by molar-refractivity contribution is 5.99. The molecule has 0 aromatic rings. The number of hydrogen-bond donors (Lipinski definition) is 1. The molecule has 2 amide bonds. The number of nitrogens with zero attached hydrogens (tertiary/aromatic N) is 1. The predicted molar refractivity (Wildman–Crippen MR) is 77.0 cm³/mol. The molecule has 0 bridgehead atoms. The maximum Gasteiger partial charge on any atom is 0.248 e. The Labute approximate surface area is 121 Å². The average molecular weight is 278 g/mol. The average Bonchev–Trinajstić information content (AvgIpc) is 3.20. The van der Waals surface area contributed by atoms with Crippen molar-refractivity contribution >= 4 is 11.8 Å². The quantitative estimate of drug-likeness (QED) is 0.859. The Kier molecular flexibility index (Phi) is 3.51. The van der Waals surface area contributed by atoms with Crippen molar-refractivity contribution in [3.8, 4) is 0 Å². The van der Waals surface area contributed by atoms with Gasteiger partial charge in [-0.25, -0.2) is 0 Å². The smallest absolute Gasteiger partial charge is 0.248 e. The van der Waals surface area contributed by atoms with E-state index in [-0.39, 0.29) is 17.9 Å². The molecule has 1 heterocycles. The third-order valence-electron chi connectivity index (χ3n) is 5.08. The Morgan fingerprint density at radius 3 is 2.35 bits per heavy atom. The third kappa shape index (κ3) is 2.57. The van der Waals surface area contributed by atoms with Crippen molar-refractivity contribution in [1.82, 2.24) is 10.2 Å². The van der Waals surface area contributed by atoms with Gasteiger partial charge in [0.2, 0.25) is 11.8 Å². The zero-order valence-electron chi connectivity index (χ0n) is 12.7. The van der Waals surface area contributed by atoms with Gasteiger partial charge in [-0.05, 0) is 51.4 Å². The van der Waals surface area contributed by atoms with Crippen LogP contribution < -0.4 is 5.32 Å². The van der Waals surface area contributed by atoms with Gasteiger partial charge in [0, 0.05) is 6.54 Å². The van der Waals surface area contributed by atoms with Gasteiger partial charge in [-0.1, -0.05) is 19.3 Å². The first kappa shape index (κ1) is 13.9. The molecule has 1 aliphatic heterocycles. The number of carbonyl (C=O) groups is 2. The van der Waals surface area contributed by atoms with Gasteiger partial charge in [0.25, 0.3) is 0 Å². The number of nitrogens with one attached hydrogen (secondary N) is 1. The molecular weight excluding hydrogens is 252 g/mol. The van der Waals surface area contributed by atoms with E-state index >= 15 is 0 Å². The van der Waals surface area contributed by atoms with Crippen molar-refractivity contribution in [3.05, 3.63) is 0 Å². The molecule has 1 atom stereocenters. The van der Waals surface area contributed by atoms with E-state index in [9.17, 15) is 9.59 Å². The summed E-state index contributed by atoms with van der Waals surface area (Å²) in [6.07, 6.45) is 8.27. The van der Waals surface area contributed by atoms with Gasteiger partial charge >= 0.3 is 0 Å². The van der Waals surface area contributed by atoms with E-state index in [4.69, 9.17) is 0 Å². The molecule has 0 aromatic carbocycles. The van der Waals surface area contributed by atoms with Gasteiger partial charge in [0.15, 0.2) is 0 Å². The lowest BCUT2D eigenvalue weighted by atomic mass is 9.80. The van der Waals surface area contributed by atoms with Crippen LogP contribution in [-0.4, -0.2) is 34.8 Å². The lowest BCUT2D eigenvalue weighted by molar-refractivity contribution is -0.156. The summed E-state index contributed by atoms with van der Waals surface area (Å²) >= 11 is 0.